The summed E-state index contributed by atoms with van der Waals surface area (Å²) in [5, 5.41) is 15.4. The van der Waals surface area contributed by atoms with Crippen LogP contribution in [0.3, 0.4) is 0 Å². The number of carbonyl (C=O) groups is 3. The molecule has 12 heteroatoms. The first-order valence-corrected chi connectivity index (χ1v) is 12.6. The van der Waals surface area contributed by atoms with E-state index in [0.29, 0.717) is 68.1 Å². The molecule has 4 rings (SSSR count). The molecule has 2 aromatic rings. The number of fused-ring (bicyclic) bond motifs is 1. The van der Waals surface area contributed by atoms with Crippen molar-refractivity contribution in [3.05, 3.63) is 40.7 Å². The second-order valence-electron chi connectivity index (χ2n) is 9.29. The first-order chi connectivity index (χ1) is 18.4. The summed E-state index contributed by atoms with van der Waals surface area (Å²) in [6.45, 7) is 3.90. The molecule has 2 aliphatic rings. The van der Waals surface area contributed by atoms with Crippen molar-refractivity contribution < 1.29 is 23.9 Å². The number of aryl methyl sites for hydroxylation is 1. The molecule has 0 saturated carbocycles. The topological polar surface area (TPSA) is 150 Å². The maximum absolute atomic E-state index is 13.3. The first kappa shape index (κ1) is 26.8. The quantitative estimate of drug-likeness (QED) is 0.499. The molecule has 1 atom stereocenters. The van der Waals surface area contributed by atoms with Gasteiger partial charge in [-0.3, -0.25) is 15.0 Å². The molecular formula is C26H31N7O5. The number of anilines is 3. The first-order valence-electron chi connectivity index (χ1n) is 12.6. The van der Waals surface area contributed by atoms with Crippen molar-refractivity contribution in [2.24, 2.45) is 0 Å². The average Bonchev–Trinajstić information content (AvgIpc) is 3.11. The third kappa shape index (κ3) is 6.18. The number of cyclic esters (lactones) is 1. The van der Waals surface area contributed by atoms with Gasteiger partial charge in [-0.2, -0.15) is 5.26 Å². The van der Waals surface area contributed by atoms with E-state index >= 15 is 0 Å². The Morgan fingerprint density at radius 1 is 1.32 bits per heavy atom. The Kier molecular flexibility index (Phi) is 8.70. The Balaban J connectivity index is 1.55. The molecule has 0 aliphatic carbocycles. The van der Waals surface area contributed by atoms with Crippen molar-refractivity contribution in [1.82, 2.24) is 14.9 Å². The van der Waals surface area contributed by atoms with Gasteiger partial charge in [-0.15, -0.1) is 0 Å². The van der Waals surface area contributed by atoms with Gasteiger partial charge in [-0.05, 0) is 44.2 Å². The SMILES string of the molecule is COC[C@@H](C)Nc1cc(NC(=O)N2CCCc3cc(CN4CCCCOC4=O)c(C=O)nc32)ncc1C#N. The van der Waals surface area contributed by atoms with Crippen LogP contribution in [-0.2, 0) is 22.4 Å². The lowest BCUT2D eigenvalue weighted by Gasteiger charge is -2.29. The van der Waals surface area contributed by atoms with Crippen molar-refractivity contribution in [3.8, 4) is 6.07 Å². The number of ether oxygens (including phenoxy) is 2. The van der Waals surface area contributed by atoms with Gasteiger partial charge >= 0.3 is 12.1 Å². The predicted molar refractivity (Wildman–Crippen MR) is 139 cm³/mol. The van der Waals surface area contributed by atoms with E-state index in [0.717, 1.165) is 18.4 Å². The van der Waals surface area contributed by atoms with Gasteiger partial charge in [0.05, 0.1) is 31.0 Å². The third-order valence-corrected chi connectivity index (χ3v) is 6.38. The standard InChI is InChI=1S/C26H31N7O5/c1-17(16-37-2)29-21-11-23(28-13-20(21)12-27)31-25(35)33-8-5-6-18-10-19(22(15-34)30-24(18)33)14-32-7-3-4-9-38-26(32)36/h10-11,13,15,17H,3-9,14,16H2,1-2H3,(H2,28,29,31,35)/t17-/m1/s1. The lowest BCUT2D eigenvalue weighted by molar-refractivity contribution is 0.109. The number of nitrogens with one attached hydrogen (secondary N) is 2. The van der Waals surface area contributed by atoms with Crippen LogP contribution in [0, 0.1) is 11.3 Å². The number of amides is 3. The van der Waals surface area contributed by atoms with Crippen LogP contribution < -0.4 is 15.5 Å². The molecule has 4 heterocycles. The normalized spacial score (nSPS) is 16.0. The van der Waals surface area contributed by atoms with Crippen LogP contribution in [-0.4, -0.2) is 72.7 Å². The predicted octanol–water partition coefficient (Wildman–Crippen LogP) is 3.32. The number of aldehydes is 1. The van der Waals surface area contributed by atoms with Crippen LogP contribution in [0.25, 0.3) is 0 Å². The highest BCUT2D eigenvalue weighted by atomic mass is 16.6. The number of methoxy groups -OCH3 is 1. The van der Waals surface area contributed by atoms with E-state index in [4.69, 9.17) is 9.47 Å². The molecule has 38 heavy (non-hydrogen) atoms. The summed E-state index contributed by atoms with van der Waals surface area (Å²) in [6, 6.07) is 5.02. The molecule has 0 aromatic carbocycles. The summed E-state index contributed by atoms with van der Waals surface area (Å²) in [4.78, 5) is 49.3. The molecule has 12 nitrogen and oxygen atoms in total. The number of carbonyl (C=O) groups excluding carboxylic acids is 3. The van der Waals surface area contributed by atoms with Crippen LogP contribution in [0.1, 0.15) is 53.4 Å². The lowest BCUT2D eigenvalue weighted by atomic mass is 10.0. The zero-order valence-electron chi connectivity index (χ0n) is 21.5. The van der Waals surface area contributed by atoms with Gasteiger partial charge in [0, 0.05) is 44.1 Å². The van der Waals surface area contributed by atoms with Crippen LogP contribution in [0.15, 0.2) is 18.3 Å². The summed E-state index contributed by atoms with van der Waals surface area (Å²) in [6.07, 6.45) is 4.64. The fourth-order valence-corrected chi connectivity index (χ4v) is 4.55. The number of urea groups is 1. The second-order valence-corrected chi connectivity index (χ2v) is 9.29. The van der Waals surface area contributed by atoms with E-state index < -0.39 is 12.1 Å². The number of nitrogens with zero attached hydrogens (tertiary/aromatic N) is 5. The van der Waals surface area contributed by atoms with E-state index in [1.165, 1.54) is 11.1 Å². The minimum absolute atomic E-state index is 0.0663. The summed E-state index contributed by atoms with van der Waals surface area (Å²) in [7, 11) is 1.59. The Morgan fingerprint density at radius 3 is 2.92 bits per heavy atom. The molecule has 3 amide bonds. The molecule has 0 radical (unpaired) electrons. The van der Waals surface area contributed by atoms with Crippen LogP contribution in [0.4, 0.5) is 26.9 Å². The summed E-state index contributed by atoms with van der Waals surface area (Å²) in [5.41, 5.74) is 2.48. The van der Waals surface area contributed by atoms with Crippen molar-refractivity contribution in [2.45, 2.75) is 45.2 Å². The molecule has 2 aromatic heterocycles. The molecule has 1 fully saturated rings. The molecule has 0 unspecified atom stereocenters. The van der Waals surface area contributed by atoms with E-state index in [9.17, 15) is 19.6 Å². The number of aromatic nitrogens is 2. The maximum Gasteiger partial charge on any atom is 0.410 e. The van der Waals surface area contributed by atoms with E-state index in [1.54, 1.807) is 18.1 Å². The minimum atomic E-state index is -0.452. The van der Waals surface area contributed by atoms with Crippen LogP contribution in [0.2, 0.25) is 0 Å². The summed E-state index contributed by atoms with van der Waals surface area (Å²) >= 11 is 0. The number of nitriles is 1. The van der Waals surface area contributed by atoms with Crippen LogP contribution in [0.5, 0.6) is 0 Å². The molecular weight excluding hydrogens is 490 g/mol. The molecule has 2 aliphatic heterocycles. The van der Waals surface area contributed by atoms with E-state index in [1.807, 2.05) is 13.0 Å². The fraction of sp³-hybridized carbons (Fsp3) is 0.462. The average molecular weight is 522 g/mol. The smallest absolute Gasteiger partial charge is 0.410 e. The number of hydrogen-bond donors (Lipinski definition) is 2. The second kappa shape index (κ2) is 12.3. The number of pyridine rings is 2. The molecule has 1 saturated heterocycles. The highest BCUT2D eigenvalue weighted by Crippen LogP contribution is 2.29. The highest BCUT2D eigenvalue weighted by Gasteiger charge is 2.28. The Bertz CT molecular complexity index is 1250. The molecule has 2 N–H and O–H groups in total. The van der Waals surface area contributed by atoms with Gasteiger partial charge < -0.3 is 19.7 Å². The van der Waals surface area contributed by atoms with Gasteiger partial charge in [-0.25, -0.2) is 19.6 Å². The minimum Gasteiger partial charge on any atom is -0.449 e. The van der Waals surface area contributed by atoms with Crippen molar-refractivity contribution in [1.29, 1.82) is 5.26 Å². The Morgan fingerprint density at radius 2 is 2.16 bits per heavy atom. The van der Waals surface area contributed by atoms with E-state index in [2.05, 4.69) is 26.7 Å². The maximum atomic E-state index is 13.3. The zero-order chi connectivity index (χ0) is 27.1. The monoisotopic (exact) mass is 521 g/mol. The molecule has 0 spiro atoms. The summed E-state index contributed by atoms with van der Waals surface area (Å²) in [5.74, 6) is 0.666. The van der Waals surface area contributed by atoms with Crippen LogP contribution >= 0.6 is 0 Å². The lowest BCUT2D eigenvalue weighted by Crippen LogP contribution is -2.40. The summed E-state index contributed by atoms with van der Waals surface area (Å²) < 4.78 is 10.4. The number of hydrogen-bond acceptors (Lipinski definition) is 9. The fourth-order valence-electron chi connectivity index (χ4n) is 4.55. The highest BCUT2D eigenvalue weighted by molar-refractivity contribution is 6.01. The molecule has 200 valence electrons. The van der Waals surface area contributed by atoms with Gasteiger partial charge in [0.15, 0.2) is 6.29 Å². The van der Waals surface area contributed by atoms with Gasteiger partial charge in [0.25, 0.3) is 0 Å². The zero-order valence-corrected chi connectivity index (χ0v) is 21.5. The van der Waals surface area contributed by atoms with Crippen molar-refractivity contribution in [3.63, 3.8) is 0 Å². The number of rotatable bonds is 8. The molecule has 0 bridgehead atoms. The van der Waals surface area contributed by atoms with Gasteiger partial charge in [0.2, 0.25) is 0 Å². The van der Waals surface area contributed by atoms with Gasteiger partial charge in [-0.1, -0.05) is 0 Å². The van der Waals surface area contributed by atoms with Crippen molar-refractivity contribution >= 4 is 35.7 Å². The van der Waals surface area contributed by atoms with E-state index in [-0.39, 0.29) is 24.1 Å². The Hall–Kier alpha value is -4.24. The van der Waals surface area contributed by atoms with Crippen molar-refractivity contribution in [2.75, 3.05) is 48.9 Å². The van der Waals surface area contributed by atoms with Gasteiger partial charge in [0.1, 0.15) is 23.4 Å². The third-order valence-electron chi connectivity index (χ3n) is 6.38. The Labute approximate surface area is 220 Å². The largest absolute Gasteiger partial charge is 0.449 e.